The molecule has 0 aliphatic carbocycles. The highest BCUT2D eigenvalue weighted by Crippen LogP contribution is 2.32. The Morgan fingerprint density at radius 3 is 2.43 bits per heavy atom. The van der Waals surface area contributed by atoms with Gasteiger partial charge in [0, 0.05) is 57.2 Å². The summed E-state index contributed by atoms with van der Waals surface area (Å²) in [5.74, 6) is 0.233. The second kappa shape index (κ2) is 17.4. The van der Waals surface area contributed by atoms with Crippen molar-refractivity contribution >= 4 is 51.0 Å². The number of carbonyl (C=O) groups is 2. The number of ketones is 1. The van der Waals surface area contributed by atoms with Crippen molar-refractivity contribution in [1.29, 1.82) is 0 Å². The number of nitrogens with zero attached hydrogens (tertiary/aromatic N) is 7. The van der Waals surface area contributed by atoms with Gasteiger partial charge >= 0.3 is 0 Å². The van der Waals surface area contributed by atoms with Gasteiger partial charge in [-0.15, -0.1) is 0 Å². The maximum atomic E-state index is 13.8. The number of aromatic hydroxyl groups is 1. The zero-order chi connectivity index (χ0) is 38.2. The summed E-state index contributed by atoms with van der Waals surface area (Å²) < 4.78 is 13.4. The monoisotopic (exact) mass is 752 g/mol. The van der Waals surface area contributed by atoms with E-state index in [1.54, 1.807) is 60.2 Å². The molecule has 3 aromatic carbocycles. The van der Waals surface area contributed by atoms with Crippen LogP contribution in [0.25, 0.3) is 33.2 Å². The van der Waals surface area contributed by atoms with E-state index in [1.165, 1.54) is 17.2 Å². The van der Waals surface area contributed by atoms with E-state index in [4.69, 9.17) is 31.9 Å². The van der Waals surface area contributed by atoms with E-state index in [1.807, 2.05) is 24.3 Å². The number of ether oxygens (including phenoxy) is 2. The molecule has 3 heterocycles. The number of benzene rings is 3. The van der Waals surface area contributed by atoms with E-state index >= 15 is 0 Å². The largest absolute Gasteiger partial charge is 0.508 e. The Morgan fingerprint density at radius 2 is 1.69 bits per heavy atom. The number of hydrogen-bond donors (Lipinski definition) is 2. The predicted molar refractivity (Wildman–Crippen MR) is 205 cm³/mol. The van der Waals surface area contributed by atoms with E-state index in [9.17, 15) is 19.5 Å². The SMILES string of the molecule is COCCN(CCOC)C(=O)CCCC(=O)Cc1cccc2ncn(Cc3ccc(Cn4nc(-c5cccc(O)c5)c5c(N)ncnc54)cc3Cl)c(=O)c12. The van der Waals surface area contributed by atoms with Crippen molar-refractivity contribution in [3.63, 3.8) is 0 Å². The molecule has 1 amide bonds. The van der Waals surface area contributed by atoms with Crippen molar-refractivity contribution in [3.05, 3.63) is 105 Å². The van der Waals surface area contributed by atoms with Crippen LogP contribution < -0.4 is 11.3 Å². The number of fused-ring (bicyclic) bond motifs is 2. The third-order valence-electron chi connectivity index (χ3n) is 9.13. The number of aromatic nitrogens is 6. The molecule has 0 fully saturated rings. The minimum absolute atomic E-state index is 0.0464. The molecule has 0 atom stereocenters. The van der Waals surface area contributed by atoms with Gasteiger partial charge in [0.15, 0.2) is 5.65 Å². The molecule has 0 aliphatic rings. The van der Waals surface area contributed by atoms with Crippen molar-refractivity contribution in [2.75, 3.05) is 46.3 Å². The first-order chi connectivity index (χ1) is 26.2. The van der Waals surface area contributed by atoms with Crippen molar-refractivity contribution in [3.8, 4) is 17.0 Å². The lowest BCUT2D eigenvalue weighted by molar-refractivity contribution is -0.132. The van der Waals surface area contributed by atoms with Crippen LogP contribution >= 0.6 is 11.6 Å². The van der Waals surface area contributed by atoms with Crippen molar-refractivity contribution in [1.82, 2.24) is 34.2 Å². The van der Waals surface area contributed by atoms with E-state index in [0.29, 0.717) is 88.6 Å². The van der Waals surface area contributed by atoms with Crippen LogP contribution in [0.2, 0.25) is 5.02 Å². The standard InChI is InChI=1S/C39H41ClN8O6/c1-53-16-14-46(15-17-54-2)33(51)11-5-9-29(49)19-26-6-4-10-32-34(26)39(52)47(24-44-32)22-28-13-12-25(18-31(28)40)21-48-38-35(37(41)42-23-43-38)36(45-48)27-7-3-8-30(50)20-27/h3-4,6-8,10,12-13,18,20,23-24,50H,5,9,11,14-17,19,21-22H2,1-2H3,(H2,41,42,43). The van der Waals surface area contributed by atoms with E-state index in [2.05, 4.69) is 15.0 Å². The minimum Gasteiger partial charge on any atom is -0.508 e. The first-order valence-electron chi connectivity index (χ1n) is 17.4. The van der Waals surface area contributed by atoms with Gasteiger partial charge in [-0.25, -0.2) is 19.6 Å². The quantitative estimate of drug-likeness (QED) is 0.132. The third kappa shape index (κ3) is 8.73. The number of nitrogens with two attached hydrogens (primary N) is 1. The summed E-state index contributed by atoms with van der Waals surface area (Å²) in [6.45, 7) is 2.21. The molecular formula is C39H41ClN8O6. The number of methoxy groups -OCH3 is 2. The number of phenolic OH excluding ortho intramolecular Hbond substituents is 1. The molecule has 0 unspecified atom stereocenters. The van der Waals surface area contributed by atoms with Crippen molar-refractivity contribution in [2.45, 2.75) is 38.8 Å². The lowest BCUT2D eigenvalue weighted by atomic mass is 10.0. The molecule has 6 rings (SSSR count). The summed E-state index contributed by atoms with van der Waals surface area (Å²) in [5, 5.41) is 16.2. The van der Waals surface area contributed by atoms with Crippen LogP contribution in [0.1, 0.15) is 36.0 Å². The van der Waals surface area contributed by atoms with Crippen molar-refractivity contribution < 1.29 is 24.2 Å². The maximum absolute atomic E-state index is 13.8. The number of hydrogen-bond acceptors (Lipinski definition) is 11. The first kappa shape index (κ1) is 38.0. The van der Waals surface area contributed by atoms with Crippen LogP contribution in [0.15, 0.2) is 78.1 Å². The van der Waals surface area contributed by atoms with Gasteiger partial charge in [0.05, 0.1) is 48.9 Å². The molecule has 3 aromatic heterocycles. The van der Waals surface area contributed by atoms with Gasteiger partial charge in [-0.2, -0.15) is 5.10 Å². The fourth-order valence-electron chi connectivity index (χ4n) is 6.36. The normalized spacial score (nSPS) is 11.4. The Balaban J connectivity index is 1.16. The van der Waals surface area contributed by atoms with E-state index in [0.717, 1.165) is 5.56 Å². The molecule has 3 N–H and O–H groups in total. The average molecular weight is 753 g/mol. The fraction of sp³-hybridized carbons (Fsp3) is 0.308. The van der Waals surface area contributed by atoms with Crippen molar-refractivity contribution in [2.24, 2.45) is 0 Å². The molecule has 280 valence electrons. The van der Waals surface area contributed by atoms with Gasteiger partial charge in [0.1, 0.15) is 29.4 Å². The summed E-state index contributed by atoms with van der Waals surface area (Å²) in [6.07, 6.45) is 3.73. The Kier molecular flexibility index (Phi) is 12.3. The number of amides is 1. The van der Waals surface area contributed by atoms with Crippen LogP contribution in [0.4, 0.5) is 5.82 Å². The molecule has 0 saturated heterocycles. The lowest BCUT2D eigenvalue weighted by Gasteiger charge is -2.22. The van der Waals surface area contributed by atoms with Crippen LogP contribution in [0.5, 0.6) is 5.75 Å². The second-order valence-electron chi connectivity index (χ2n) is 12.9. The highest BCUT2D eigenvalue weighted by molar-refractivity contribution is 6.31. The molecule has 0 bridgehead atoms. The van der Waals surface area contributed by atoms with Crippen LogP contribution in [-0.4, -0.2) is 91.5 Å². The smallest absolute Gasteiger partial charge is 0.261 e. The zero-order valence-corrected chi connectivity index (χ0v) is 30.8. The number of rotatable bonds is 17. The molecule has 0 spiro atoms. The molecule has 6 aromatic rings. The molecule has 15 heteroatoms. The Bertz CT molecular complexity index is 2350. The highest BCUT2D eigenvalue weighted by atomic mass is 35.5. The first-order valence-corrected chi connectivity index (χ1v) is 17.8. The molecule has 0 radical (unpaired) electrons. The summed E-state index contributed by atoms with van der Waals surface area (Å²) in [6, 6.07) is 17.6. The Hall–Kier alpha value is -5.70. The number of nitrogen functional groups attached to an aromatic ring is 1. The van der Waals surface area contributed by atoms with Crippen LogP contribution in [-0.2, 0) is 38.6 Å². The second-order valence-corrected chi connectivity index (χ2v) is 13.3. The van der Waals surface area contributed by atoms with Crippen LogP contribution in [0.3, 0.4) is 0 Å². The molecule has 0 saturated carbocycles. The third-order valence-corrected chi connectivity index (χ3v) is 9.48. The maximum Gasteiger partial charge on any atom is 0.261 e. The van der Waals surface area contributed by atoms with Crippen LogP contribution in [0, 0.1) is 0 Å². The van der Waals surface area contributed by atoms with Gasteiger partial charge in [0.2, 0.25) is 5.91 Å². The number of halogens is 1. The summed E-state index contributed by atoms with van der Waals surface area (Å²) in [4.78, 5) is 54.5. The molecular weight excluding hydrogens is 712 g/mol. The van der Waals surface area contributed by atoms with Gasteiger partial charge in [0.25, 0.3) is 5.56 Å². The minimum atomic E-state index is -0.287. The Labute approximate surface area is 316 Å². The number of Topliss-reactive ketones (excluding diaryl/α,β-unsaturated/α-hetero) is 1. The topological polar surface area (TPSA) is 181 Å². The average Bonchev–Trinajstić information content (AvgIpc) is 3.53. The molecule has 14 nitrogen and oxygen atoms in total. The summed E-state index contributed by atoms with van der Waals surface area (Å²) >= 11 is 6.80. The lowest BCUT2D eigenvalue weighted by Crippen LogP contribution is -2.36. The Morgan fingerprint density at radius 1 is 0.907 bits per heavy atom. The predicted octanol–water partition coefficient (Wildman–Crippen LogP) is 4.64. The van der Waals surface area contributed by atoms with Gasteiger partial charge in [-0.3, -0.25) is 19.0 Å². The molecule has 0 aliphatic heterocycles. The van der Waals surface area contributed by atoms with Gasteiger partial charge in [-0.05, 0) is 47.4 Å². The van der Waals surface area contributed by atoms with Gasteiger partial charge < -0.3 is 25.2 Å². The van der Waals surface area contributed by atoms with E-state index in [-0.39, 0.29) is 54.6 Å². The summed E-state index contributed by atoms with van der Waals surface area (Å²) in [7, 11) is 3.16. The highest BCUT2D eigenvalue weighted by Gasteiger charge is 2.19. The zero-order valence-electron chi connectivity index (χ0n) is 30.1. The number of anilines is 1. The number of carbonyl (C=O) groups excluding carboxylic acids is 2. The van der Waals surface area contributed by atoms with Gasteiger partial charge in [-0.1, -0.05) is 48.0 Å². The fourth-order valence-corrected chi connectivity index (χ4v) is 6.62. The van der Waals surface area contributed by atoms with E-state index < -0.39 is 0 Å². The summed E-state index contributed by atoms with van der Waals surface area (Å²) in [5.41, 5.74) is 10.3. The molecule has 54 heavy (non-hydrogen) atoms. The number of phenols is 1.